The fourth-order valence-corrected chi connectivity index (χ4v) is 0.391. The molecule has 0 aliphatic carbocycles. The van der Waals surface area contributed by atoms with Gasteiger partial charge >= 0.3 is 60.8 Å². The van der Waals surface area contributed by atoms with E-state index in [0.717, 1.165) is 0 Å². The summed E-state index contributed by atoms with van der Waals surface area (Å²) in [5.41, 5.74) is 0. The Morgan fingerprint density at radius 3 is 1.50 bits per heavy atom. The molecule has 0 amide bonds. The van der Waals surface area contributed by atoms with Gasteiger partial charge in [0.2, 0.25) is 0 Å². The number of hydrogen-bond acceptors (Lipinski definition) is 2. The first-order valence-electron chi connectivity index (χ1n) is 2.56. The first-order chi connectivity index (χ1) is 4.13. The summed E-state index contributed by atoms with van der Waals surface area (Å²) in [5, 5.41) is 16.1. The van der Waals surface area contributed by atoms with E-state index in [1.807, 2.05) is 0 Å². The van der Waals surface area contributed by atoms with Gasteiger partial charge < -0.3 is 10.2 Å². The van der Waals surface area contributed by atoms with Crippen molar-refractivity contribution in [2.24, 2.45) is 0 Å². The molecule has 0 fully saturated rings. The normalized spacial score (nSPS) is 8.00. The number of carboxylic acids is 2. The molecule has 4 nitrogen and oxygen atoms in total. The SMILES string of the molecule is O=C(O)CCCC(=O)O.[BaH2]. The topological polar surface area (TPSA) is 74.6 Å². The Morgan fingerprint density at radius 2 is 1.30 bits per heavy atom. The second kappa shape index (κ2) is 7.62. The Balaban J connectivity index is 0. The van der Waals surface area contributed by atoms with Crippen LogP contribution in [0.1, 0.15) is 19.3 Å². The maximum absolute atomic E-state index is 9.79. The van der Waals surface area contributed by atoms with Gasteiger partial charge in [-0.15, -0.1) is 0 Å². The monoisotopic (exact) mass is 272 g/mol. The van der Waals surface area contributed by atoms with Crippen molar-refractivity contribution in [3.05, 3.63) is 0 Å². The van der Waals surface area contributed by atoms with Crippen LogP contribution in [-0.2, 0) is 9.59 Å². The van der Waals surface area contributed by atoms with Crippen LogP contribution < -0.4 is 0 Å². The molecule has 5 heteroatoms. The van der Waals surface area contributed by atoms with E-state index >= 15 is 0 Å². The quantitative estimate of drug-likeness (QED) is 0.670. The van der Waals surface area contributed by atoms with E-state index in [2.05, 4.69) is 0 Å². The zero-order chi connectivity index (χ0) is 7.28. The van der Waals surface area contributed by atoms with Crippen molar-refractivity contribution in [1.29, 1.82) is 0 Å². The molecular weight excluding hydrogens is 261 g/mol. The van der Waals surface area contributed by atoms with E-state index in [1.165, 1.54) is 0 Å². The predicted octanol–water partition coefficient (Wildman–Crippen LogP) is -0.590. The van der Waals surface area contributed by atoms with E-state index in [4.69, 9.17) is 10.2 Å². The number of rotatable bonds is 4. The van der Waals surface area contributed by atoms with Gasteiger partial charge in [0.05, 0.1) is 0 Å². The van der Waals surface area contributed by atoms with Crippen molar-refractivity contribution in [3.63, 3.8) is 0 Å². The Labute approximate surface area is 98.7 Å². The number of carbonyl (C=O) groups is 2. The average Bonchev–Trinajstić information content (AvgIpc) is 1.63. The molecule has 0 heterocycles. The summed E-state index contributed by atoms with van der Waals surface area (Å²) < 4.78 is 0. The van der Waals surface area contributed by atoms with Crippen molar-refractivity contribution in [2.75, 3.05) is 0 Å². The van der Waals surface area contributed by atoms with Crippen molar-refractivity contribution in [3.8, 4) is 0 Å². The van der Waals surface area contributed by atoms with Gasteiger partial charge in [-0.2, -0.15) is 0 Å². The Bertz CT molecular complexity index is 109. The summed E-state index contributed by atoms with van der Waals surface area (Å²) >= 11 is 0. The molecule has 56 valence electrons. The van der Waals surface area contributed by atoms with E-state index < -0.39 is 11.9 Å². The maximum atomic E-state index is 9.79. The second-order valence-corrected chi connectivity index (χ2v) is 1.64. The molecule has 0 aromatic rings. The molecular formula is C5H10BaO4. The third-order valence-corrected chi connectivity index (χ3v) is 0.781. The van der Waals surface area contributed by atoms with Crippen molar-refractivity contribution >= 4 is 60.8 Å². The Kier molecular flexibility index (Phi) is 10.00. The van der Waals surface area contributed by atoms with Crippen LogP contribution in [0.4, 0.5) is 0 Å². The molecule has 0 aliphatic heterocycles. The summed E-state index contributed by atoms with van der Waals surface area (Å²) in [6, 6.07) is 0. The molecule has 0 aliphatic rings. The molecule has 0 radical (unpaired) electrons. The first-order valence-corrected chi connectivity index (χ1v) is 2.56. The summed E-state index contributed by atoms with van der Waals surface area (Å²) in [5.74, 6) is -1.90. The molecule has 0 saturated heterocycles. The number of aliphatic carboxylic acids is 2. The zero-order valence-corrected chi connectivity index (χ0v) is 4.83. The van der Waals surface area contributed by atoms with Gasteiger partial charge in [0.1, 0.15) is 0 Å². The van der Waals surface area contributed by atoms with Crippen LogP contribution in [0.5, 0.6) is 0 Å². The van der Waals surface area contributed by atoms with Crippen LogP contribution in [0.25, 0.3) is 0 Å². The fraction of sp³-hybridized carbons (Fsp3) is 0.600. The number of hydrogen-bond donors (Lipinski definition) is 2. The molecule has 0 aromatic heterocycles. The summed E-state index contributed by atoms with van der Waals surface area (Å²) in [7, 11) is 0. The van der Waals surface area contributed by atoms with Crippen LogP contribution in [0.2, 0.25) is 0 Å². The molecule has 0 saturated carbocycles. The van der Waals surface area contributed by atoms with Crippen LogP contribution in [0.15, 0.2) is 0 Å². The molecule has 0 bridgehead atoms. The molecule has 10 heavy (non-hydrogen) atoms. The van der Waals surface area contributed by atoms with E-state index in [9.17, 15) is 9.59 Å². The van der Waals surface area contributed by atoms with Crippen LogP contribution in [0, 0.1) is 0 Å². The third-order valence-electron chi connectivity index (χ3n) is 0.781. The van der Waals surface area contributed by atoms with E-state index in [0.29, 0.717) is 0 Å². The van der Waals surface area contributed by atoms with Gasteiger partial charge in [0.15, 0.2) is 0 Å². The Hall–Kier alpha value is 0.511. The minimum atomic E-state index is -0.948. The van der Waals surface area contributed by atoms with Crippen LogP contribution in [0.3, 0.4) is 0 Å². The average molecular weight is 271 g/mol. The second-order valence-electron chi connectivity index (χ2n) is 1.64. The molecule has 0 aromatic carbocycles. The van der Waals surface area contributed by atoms with E-state index in [-0.39, 0.29) is 68.1 Å². The van der Waals surface area contributed by atoms with Crippen molar-refractivity contribution in [1.82, 2.24) is 0 Å². The zero-order valence-electron chi connectivity index (χ0n) is 4.83. The summed E-state index contributed by atoms with van der Waals surface area (Å²) in [6.07, 6.45) is 0.0866. The van der Waals surface area contributed by atoms with Gasteiger partial charge in [0.25, 0.3) is 0 Å². The standard InChI is InChI=1S/C5H8O4.Ba.2H/c6-4(7)2-1-3-5(8)9;;;/h1-3H2,(H,6,7)(H,8,9);;;. The number of carboxylic acid groups (broad SMARTS) is 2. The summed E-state index contributed by atoms with van der Waals surface area (Å²) in [6.45, 7) is 0. The molecule has 0 unspecified atom stereocenters. The third kappa shape index (κ3) is 11.3. The predicted molar refractivity (Wildman–Crippen MR) is 37.7 cm³/mol. The minimum absolute atomic E-state index is 0. The van der Waals surface area contributed by atoms with Crippen LogP contribution in [-0.4, -0.2) is 71.0 Å². The fourth-order valence-electron chi connectivity index (χ4n) is 0.391. The molecule has 0 spiro atoms. The van der Waals surface area contributed by atoms with Gasteiger partial charge in [-0.3, -0.25) is 9.59 Å². The van der Waals surface area contributed by atoms with Gasteiger partial charge in [0, 0.05) is 12.8 Å². The summed E-state index contributed by atoms with van der Waals surface area (Å²) in [4.78, 5) is 19.6. The van der Waals surface area contributed by atoms with Gasteiger partial charge in [-0.1, -0.05) is 0 Å². The van der Waals surface area contributed by atoms with E-state index in [1.54, 1.807) is 0 Å². The molecule has 0 atom stereocenters. The first kappa shape index (κ1) is 13.1. The molecule has 2 N–H and O–H groups in total. The van der Waals surface area contributed by atoms with Crippen molar-refractivity contribution < 1.29 is 19.8 Å². The Morgan fingerprint density at radius 1 is 1.00 bits per heavy atom. The van der Waals surface area contributed by atoms with Gasteiger partial charge in [-0.25, -0.2) is 0 Å². The van der Waals surface area contributed by atoms with Crippen molar-refractivity contribution in [2.45, 2.75) is 19.3 Å². The van der Waals surface area contributed by atoms with Gasteiger partial charge in [-0.05, 0) is 6.42 Å². The molecule has 0 rings (SSSR count). The van der Waals surface area contributed by atoms with Crippen LogP contribution >= 0.6 is 0 Å².